The van der Waals surface area contributed by atoms with Crippen LogP contribution in [0.25, 0.3) is 0 Å². The molecule has 43 heavy (non-hydrogen) atoms. The second-order valence-corrected chi connectivity index (χ2v) is 15.1. The fourth-order valence-corrected chi connectivity index (χ4v) is 8.88. The smallest absolute Gasteiger partial charge is 0.245 e. The number of carbonyl (C=O) groups is 2. The van der Waals surface area contributed by atoms with Gasteiger partial charge >= 0.3 is 0 Å². The van der Waals surface area contributed by atoms with E-state index in [9.17, 15) is 18.0 Å². The molecule has 2 aromatic carbocycles. The Morgan fingerprint density at radius 2 is 1.72 bits per heavy atom. The van der Waals surface area contributed by atoms with Gasteiger partial charge in [0.1, 0.15) is 6.04 Å². The van der Waals surface area contributed by atoms with Crippen LogP contribution in [0.2, 0.25) is 5.02 Å². The van der Waals surface area contributed by atoms with E-state index in [0.717, 1.165) is 29.8 Å². The van der Waals surface area contributed by atoms with Gasteiger partial charge < -0.3 is 15.5 Å². The number of halogens is 2. The first kappa shape index (κ1) is 32.1. The zero-order chi connectivity index (χ0) is 29.5. The van der Waals surface area contributed by atoms with Gasteiger partial charge in [0.25, 0.3) is 0 Å². The van der Waals surface area contributed by atoms with Crippen molar-refractivity contribution in [2.24, 2.45) is 11.8 Å². The van der Waals surface area contributed by atoms with Crippen LogP contribution < -0.4 is 14.9 Å². The molecule has 1 spiro atoms. The molecule has 6 rings (SSSR count). The Labute approximate surface area is 266 Å². The Kier molecular flexibility index (Phi) is 9.66. The summed E-state index contributed by atoms with van der Waals surface area (Å²) in [5.41, 5.74) is 2.39. The number of hydrogen-bond donors (Lipinski definition) is 2. The summed E-state index contributed by atoms with van der Waals surface area (Å²) >= 11 is 6.11. The minimum Gasteiger partial charge on any atom is -0.343 e. The number of hydrogen-bond acceptors (Lipinski definition) is 5. The minimum absolute atomic E-state index is 0. The molecular weight excluding hydrogens is 607 g/mol. The fourth-order valence-electron chi connectivity index (χ4n) is 7.76. The van der Waals surface area contributed by atoms with E-state index in [1.807, 2.05) is 53.4 Å². The molecule has 3 aliphatic heterocycles. The van der Waals surface area contributed by atoms with E-state index in [0.29, 0.717) is 55.8 Å². The highest BCUT2D eigenvalue weighted by Gasteiger charge is 2.48. The Morgan fingerprint density at radius 1 is 1.05 bits per heavy atom. The first-order chi connectivity index (χ1) is 20.1. The largest absolute Gasteiger partial charge is 0.343 e. The van der Waals surface area contributed by atoms with Crippen LogP contribution in [0.4, 0.5) is 5.69 Å². The van der Waals surface area contributed by atoms with Gasteiger partial charge in [-0.05, 0) is 73.4 Å². The van der Waals surface area contributed by atoms with Gasteiger partial charge in [0.15, 0.2) is 0 Å². The summed E-state index contributed by atoms with van der Waals surface area (Å²) in [6, 6.07) is 14.2. The standard InChI is InChI=1S/C32H41ClN4O4S.ClH/c1-42(40,41)37-21-32(26-8-4-5-9-29(26)37)14-16-36(17-15-32)31(39)28(18-22-10-12-25(33)13-11-22)35-30(38)27-19-23-6-2-3-7-24(23)20-34-27;/h4-5,8-13,23-24,27-28,34H,2-3,6-7,14-21H2,1H3,(H,35,38);1H. The molecule has 3 heterocycles. The lowest BCUT2D eigenvalue weighted by Gasteiger charge is -2.41. The number of benzene rings is 2. The van der Waals surface area contributed by atoms with Gasteiger partial charge in [-0.15, -0.1) is 12.4 Å². The number of amides is 2. The first-order valence-electron chi connectivity index (χ1n) is 15.3. The molecule has 11 heteroatoms. The average molecular weight is 650 g/mol. The lowest BCUT2D eigenvalue weighted by atomic mass is 9.73. The van der Waals surface area contributed by atoms with Crippen molar-refractivity contribution >= 4 is 51.5 Å². The number of para-hydroxylation sites is 1. The van der Waals surface area contributed by atoms with Gasteiger partial charge in [0.05, 0.1) is 18.0 Å². The molecule has 4 atom stereocenters. The predicted octanol–water partition coefficient (Wildman–Crippen LogP) is 4.30. The van der Waals surface area contributed by atoms with Crippen molar-refractivity contribution in [2.75, 3.05) is 36.7 Å². The number of sulfonamides is 1. The zero-order valence-electron chi connectivity index (χ0n) is 24.6. The van der Waals surface area contributed by atoms with E-state index < -0.39 is 16.1 Å². The zero-order valence-corrected chi connectivity index (χ0v) is 27.0. The molecular formula is C32H42Cl2N4O4S. The second-order valence-electron chi connectivity index (χ2n) is 12.8. The molecule has 4 aliphatic rings. The predicted molar refractivity (Wildman–Crippen MR) is 172 cm³/mol. The van der Waals surface area contributed by atoms with Crippen LogP contribution in [-0.4, -0.2) is 69.7 Å². The van der Waals surface area contributed by atoms with Gasteiger partial charge in [-0.25, -0.2) is 8.42 Å². The molecule has 1 aliphatic carbocycles. The number of rotatable bonds is 6. The number of nitrogens with one attached hydrogen (secondary N) is 2. The second kappa shape index (κ2) is 13.0. The third-order valence-corrected chi connectivity index (χ3v) is 11.5. The number of nitrogens with zero attached hydrogens (tertiary/aromatic N) is 2. The maximum Gasteiger partial charge on any atom is 0.245 e. The number of fused-ring (bicyclic) bond motifs is 3. The third kappa shape index (κ3) is 6.70. The maximum absolute atomic E-state index is 14.0. The van der Waals surface area contributed by atoms with Crippen LogP contribution >= 0.6 is 24.0 Å². The van der Waals surface area contributed by atoms with Crippen LogP contribution in [0.15, 0.2) is 48.5 Å². The van der Waals surface area contributed by atoms with Gasteiger partial charge in [-0.3, -0.25) is 13.9 Å². The van der Waals surface area contributed by atoms with E-state index in [1.54, 1.807) is 0 Å². The van der Waals surface area contributed by atoms with Crippen molar-refractivity contribution in [2.45, 2.75) is 68.9 Å². The molecule has 2 saturated heterocycles. The van der Waals surface area contributed by atoms with Gasteiger partial charge in [0, 0.05) is 36.5 Å². The van der Waals surface area contributed by atoms with Crippen LogP contribution in [0.3, 0.4) is 0 Å². The third-order valence-electron chi connectivity index (χ3n) is 10.1. The lowest BCUT2D eigenvalue weighted by molar-refractivity contribution is -0.138. The van der Waals surface area contributed by atoms with Crippen molar-refractivity contribution in [3.63, 3.8) is 0 Å². The van der Waals surface area contributed by atoms with Crippen LogP contribution in [-0.2, 0) is 31.4 Å². The molecule has 4 unspecified atom stereocenters. The summed E-state index contributed by atoms with van der Waals surface area (Å²) in [5, 5.41) is 7.22. The Hall–Kier alpha value is -2.33. The summed E-state index contributed by atoms with van der Waals surface area (Å²) < 4.78 is 26.7. The summed E-state index contributed by atoms with van der Waals surface area (Å²) in [7, 11) is -3.41. The van der Waals surface area contributed by atoms with Crippen molar-refractivity contribution in [3.8, 4) is 0 Å². The monoisotopic (exact) mass is 648 g/mol. The van der Waals surface area contributed by atoms with Crippen LogP contribution in [0, 0.1) is 11.8 Å². The van der Waals surface area contributed by atoms with Crippen LogP contribution in [0.1, 0.15) is 56.1 Å². The highest BCUT2D eigenvalue weighted by atomic mass is 35.5. The molecule has 1 saturated carbocycles. The fraction of sp³-hybridized carbons (Fsp3) is 0.562. The van der Waals surface area contributed by atoms with Crippen molar-refractivity contribution in [1.82, 2.24) is 15.5 Å². The molecule has 2 aromatic rings. The number of piperidine rings is 2. The number of anilines is 1. The van der Waals surface area contributed by atoms with Gasteiger partial charge in [-0.2, -0.15) is 0 Å². The normalized spacial score (nSPS) is 25.3. The average Bonchev–Trinajstić information content (AvgIpc) is 3.32. The maximum atomic E-state index is 14.0. The van der Waals surface area contributed by atoms with Crippen molar-refractivity contribution in [1.29, 1.82) is 0 Å². The summed E-state index contributed by atoms with van der Waals surface area (Å²) in [6.45, 7) is 2.26. The molecule has 0 bridgehead atoms. The molecule has 3 fully saturated rings. The molecule has 0 radical (unpaired) electrons. The molecule has 2 N–H and O–H groups in total. The molecule has 0 aromatic heterocycles. The summed E-state index contributed by atoms with van der Waals surface area (Å²) in [4.78, 5) is 29.5. The summed E-state index contributed by atoms with van der Waals surface area (Å²) in [6.07, 6.45) is 8.69. The van der Waals surface area contributed by atoms with E-state index in [4.69, 9.17) is 11.6 Å². The molecule has 234 valence electrons. The van der Waals surface area contributed by atoms with Crippen LogP contribution in [0.5, 0.6) is 0 Å². The topological polar surface area (TPSA) is 98.8 Å². The SMILES string of the molecule is CS(=O)(=O)N1CC2(CCN(C(=O)C(Cc3ccc(Cl)cc3)NC(=O)C3CC4CCCCC4CN3)CC2)c2ccccc21.Cl. The first-order valence-corrected chi connectivity index (χ1v) is 17.5. The van der Waals surface area contributed by atoms with Gasteiger partial charge in [-0.1, -0.05) is 61.2 Å². The van der Waals surface area contributed by atoms with E-state index in [1.165, 1.54) is 36.2 Å². The Morgan fingerprint density at radius 3 is 2.42 bits per heavy atom. The Bertz CT molecular complexity index is 1430. The van der Waals surface area contributed by atoms with E-state index >= 15 is 0 Å². The van der Waals surface area contributed by atoms with E-state index in [2.05, 4.69) is 10.6 Å². The summed E-state index contributed by atoms with van der Waals surface area (Å²) in [5.74, 6) is 1.02. The minimum atomic E-state index is -3.41. The quantitative estimate of drug-likeness (QED) is 0.487. The highest BCUT2D eigenvalue weighted by Crippen LogP contribution is 2.48. The van der Waals surface area contributed by atoms with Crippen molar-refractivity contribution < 1.29 is 18.0 Å². The molecule has 8 nitrogen and oxygen atoms in total. The Balaban J connectivity index is 0.00000368. The lowest BCUT2D eigenvalue weighted by Crippen LogP contribution is -2.58. The number of carbonyl (C=O) groups excluding carboxylic acids is 2. The molecule has 2 amide bonds. The van der Waals surface area contributed by atoms with Crippen molar-refractivity contribution in [3.05, 3.63) is 64.7 Å². The highest BCUT2D eigenvalue weighted by molar-refractivity contribution is 7.92. The van der Waals surface area contributed by atoms with E-state index in [-0.39, 0.29) is 35.7 Å². The van der Waals surface area contributed by atoms with Gasteiger partial charge in [0.2, 0.25) is 21.8 Å². The number of likely N-dealkylation sites (tertiary alicyclic amines) is 1.